The van der Waals surface area contributed by atoms with Crippen molar-refractivity contribution in [1.29, 1.82) is 0 Å². The molecule has 0 aliphatic carbocycles. The van der Waals surface area contributed by atoms with E-state index in [-0.39, 0.29) is 5.91 Å². The maximum Gasteiger partial charge on any atom is 0.265 e. The first-order valence-electron chi connectivity index (χ1n) is 4.58. The summed E-state index contributed by atoms with van der Waals surface area (Å²) in [5.41, 5.74) is 0.498. The van der Waals surface area contributed by atoms with Crippen LogP contribution in [0.3, 0.4) is 0 Å². The number of fused-ring (bicyclic) bond motifs is 1. The molecule has 15 heavy (non-hydrogen) atoms. The molecule has 1 amide bonds. The summed E-state index contributed by atoms with van der Waals surface area (Å²) in [6.45, 7) is 1.84. The van der Waals surface area contributed by atoms with Gasteiger partial charge in [-0.1, -0.05) is 6.92 Å². The molecule has 1 aromatic rings. The lowest BCUT2D eigenvalue weighted by molar-refractivity contribution is -0.123. The molecule has 1 aromatic carbocycles. The van der Waals surface area contributed by atoms with Gasteiger partial charge in [0.2, 0.25) is 0 Å². The van der Waals surface area contributed by atoms with Crippen LogP contribution in [0.4, 0.5) is 10.1 Å². The molecule has 0 saturated carbocycles. The maximum atomic E-state index is 13.2. The Labute approximate surface area is 94.7 Å². The van der Waals surface area contributed by atoms with E-state index in [1.54, 1.807) is 0 Å². The van der Waals surface area contributed by atoms with Gasteiger partial charge in [0.1, 0.15) is 11.6 Å². The molecular formula is C10H9BrFNO2. The standard InChI is InChI=1S/C10H9BrFNO2/c1-2-8-10(14)13-7-3-5(11)6(12)4-9(7)15-8/h3-4,8H,2H2,1H3,(H,13,14). The largest absolute Gasteiger partial charge is 0.478 e. The lowest BCUT2D eigenvalue weighted by Crippen LogP contribution is -2.36. The number of halogens is 2. The van der Waals surface area contributed by atoms with Crippen LogP contribution in [0.5, 0.6) is 5.75 Å². The minimum absolute atomic E-state index is 0.191. The monoisotopic (exact) mass is 273 g/mol. The number of amides is 1. The van der Waals surface area contributed by atoms with E-state index >= 15 is 0 Å². The van der Waals surface area contributed by atoms with Crippen molar-refractivity contribution in [3.63, 3.8) is 0 Å². The quantitative estimate of drug-likeness (QED) is 0.855. The van der Waals surface area contributed by atoms with Gasteiger partial charge in [-0.2, -0.15) is 0 Å². The van der Waals surface area contributed by atoms with Crippen LogP contribution in [0.1, 0.15) is 13.3 Å². The summed E-state index contributed by atoms with van der Waals surface area (Å²) < 4.78 is 18.9. The molecule has 5 heteroatoms. The Balaban J connectivity index is 2.41. The average molecular weight is 274 g/mol. The Morgan fingerprint density at radius 2 is 2.33 bits per heavy atom. The molecular weight excluding hydrogens is 265 g/mol. The molecule has 1 aliphatic rings. The van der Waals surface area contributed by atoms with Crippen molar-refractivity contribution < 1.29 is 13.9 Å². The number of rotatable bonds is 1. The van der Waals surface area contributed by atoms with Crippen LogP contribution >= 0.6 is 15.9 Å². The van der Waals surface area contributed by atoms with Crippen LogP contribution in [0.25, 0.3) is 0 Å². The molecule has 1 atom stereocenters. The van der Waals surface area contributed by atoms with E-state index in [0.29, 0.717) is 22.3 Å². The van der Waals surface area contributed by atoms with Gasteiger partial charge in [0.25, 0.3) is 5.91 Å². The normalized spacial score (nSPS) is 19.1. The Morgan fingerprint density at radius 1 is 1.60 bits per heavy atom. The molecule has 0 spiro atoms. The molecule has 3 nitrogen and oxygen atoms in total. The molecule has 80 valence electrons. The third-order valence-corrected chi connectivity index (χ3v) is 2.82. The second-order valence-electron chi connectivity index (χ2n) is 3.27. The van der Waals surface area contributed by atoms with Crippen molar-refractivity contribution in [2.75, 3.05) is 5.32 Å². The molecule has 1 heterocycles. The van der Waals surface area contributed by atoms with Gasteiger partial charge in [-0.05, 0) is 28.4 Å². The van der Waals surface area contributed by atoms with Crippen LogP contribution < -0.4 is 10.1 Å². The topological polar surface area (TPSA) is 38.3 Å². The first-order valence-corrected chi connectivity index (χ1v) is 5.37. The predicted octanol–water partition coefficient (Wildman–Crippen LogP) is 2.70. The van der Waals surface area contributed by atoms with E-state index in [1.165, 1.54) is 12.1 Å². The van der Waals surface area contributed by atoms with Crippen molar-refractivity contribution in [2.24, 2.45) is 0 Å². The van der Waals surface area contributed by atoms with Crippen LogP contribution in [-0.4, -0.2) is 12.0 Å². The van der Waals surface area contributed by atoms with Crippen LogP contribution in [-0.2, 0) is 4.79 Å². The van der Waals surface area contributed by atoms with Gasteiger partial charge >= 0.3 is 0 Å². The summed E-state index contributed by atoms with van der Waals surface area (Å²) in [7, 11) is 0. The molecule has 1 N–H and O–H groups in total. The van der Waals surface area contributed by atoms with Gasteiger partial charge in [0.05, 0.1) is 10.2 Å². The van der Waals surface area contributed by atoms with Crippen molar-refractivity contribution in [1.82, 2.24) is 0 Å². The highest BCUT2D eigenvalue weighted by atomic mass is 79.9. The number of anilines is 1. The Hall–Kier alpha value is -1.10. The first kappa shape index (κ1) is 10.4. The maximum absolute atomic E-state index is 13.2. The molecule has 1 unspecified atom stereocenters. The van der Waals surface area contributed by atoms with Gasteiger partial charge in [-0.15, -0.1) is 0 Å². The third kappa shape index (κ3) is 1.84. The average Bonchev–Trinajstić information content (AvgIpc) is 2.20. The fourth-order valence-electron chi connectivity index (χ4n) is 1.41. The van der Waals surface area contributed by atoms with Gasteiger partial charge < -0.3 is 10.1 Å². The lowest BCUT2D eigenvalue weighted by Gasteiger charge is -2.25. The van der Waals surface area contributed by atoms with E-state index in [2.05, 4.69) is 21.2 Å². The highest BCUT2D eigenvalue weighted by molar-refractivity contribution is 9.10. The van der Waals surface area contributed by atoms with Crippen molar-refractivity contribution >= 4 is 27.5 Å². The molecule has 0 saturated heterocycles. The van der Waals surface area contributed by atoms with E-state index in [9.17, 15) is 9.18 Å². The zero-order chi connectivity index (χ0) is 11.0. The SMILES string of the molecule is CCC1Oc2cc(F)c(Br)cc2NC1=O. The summed E-state index contributed by atoms with van der Waals surface area (Å²) in [5, 5.41) is 2.67. The molecule has 0 radical (unpaired) electrons. The minimum atomic E-state index is -0.530. The Bertz CT molecular complexity index is 422. The first-order chi connectivity index (χ1) is 7.11. The summed E-state index contributed by atoms with van der Waals surface area (Å²) >= 11 is 3.04. The fraction of sp³-hybridized carbons (Fsp3) is 0.300. The number of hydrogen-bond donors (Lipinski definition) is 1. The number of carbonyl (C=O) groups is 1. The van der Waals surface area contributed by atoms with Crippen LogP contribution in [0.2, 0.25) is 0 Å². The predicted molar refractivity (Wildman–Crippen MR) is 57.4 cm³/mol. The summed E-state index contributed by atoms with van der Waals surface area (Å²) in [4.78, 5) is 11.4. The molecule has 1 aliphatic heterocycles. The van der Waals surface area contributed by atoms with Gasteiger partial charge in [0, 0.05) is 6.07 Å². The van der Waals surface area contributed by atoms with E-state index in [4.69, 9.17) is 4.74 Å². The second kappa shape index (κ2) is 3.81. The van der Waals surface area contributed by atoms with E-state index < -0.39 is 11.9 Å². The number of benzene rings is 1. The summed E-state index contributed by atoms with van der Waals surface area (Å²) in [5.74, 6) is -0.217. The van der Waals surface area contributed by atoms with E-state index in [1.807, 2.05) is 6.92 Å². The molecule has 2 rings (SSSR count). The zero-order valence-electron chi connectivity index (χ0n) is 8.01. The minimum Gasteiger partial charge on any atom is -0.478 e. The number of nitrogens with one attached hydrogen (secondary N) is 1. The highest BCUT2D eigenvalue weighted by Crippen LogP contribution is 2.34. The third-order valence-electron chi connectivity index (χ3n) is 2.21. The molecule has 0 aromatic heterocycles. The lowest BCUT2D eigenvalue weighted by atomic mass is 10.2. The summed E-state index contributed by atoms with van der Waals surface area (Å²) in [6, 6.07) is 2.76. The zero-order valence-corrected chi connectivity index (χ0v) is 9.60. The van der Waals surface area contributed by atoms with Gasteiger partial charge in [-0.25, -0.2) is 4.39 Å². The van der Waals surface area contributed by atoms with Crippen LogP contribution in [0, 0.1) is 5.82 Å². The molecule has 0 bridgehead atoms. The molecule has 0 fully saturated rings. The van der Waals surface area contributed by atoms with Gasteiger partial charge in [0.15, 0.2) is 6.10 Å². The van der Waals surface area contributed by atoms with Crippen molar-refractivity contribution in [3.05, 3.63) is 22.4 Å². The number of carbonyl (C=O) groups excluding carboxylic acids is 1. The van der Waals surface area contributed by atoms with Crippen LogP contribution in [0.15, 0.2) is 16.6 Å². The van der Waals surface area contributed by atoms with E-state index in [0.717, 1.165) is 0 Å². The second-order valence-corrected chi connectivity index (χ2v) is 4.12. The van der Waals surface area contributed by atoms with Crippen molar-refractivity contribution in [2.45, 2.75) is 19.4 Å². The summed E-state index contributed by atoms with van der Waals surface area (Å²) in [6.07, 6.45) is 0.0289. The van der Waals surface area contributed by atoms with Gasteiger partial charge in [-0.3, -0.25) is 4.79 Å². The van der Waals surface area contributed by atoms with Crippen molar-refractivity contribution in [3.8, 4) is 5.75 Å². The smallest absolute Gasteiger partial charge is 0.265 e. The number of hydrogen-bond acceptors (Lipinski definition) is 2. The Kier molecular flexibility index (Phi) is 2.65. The Morgan fingerprint density at radius 3 is 3.00 bits per heavy atom. The number of ether oxygens (including phenoxy) is 1. The highest BCUT2D eigenvalue weighted by Gasteiger charge is 2.26. The fourth-order valence-corrected chi connectivity index (χ4v) is 1.76.